The fourth-order valence-electron chi connectivity index (χ4n) is 1.87. The fourth-order valence-corrected chi connectivity index (χ4v) is 1.87. The highest BCUT2D eigenvalue weighted by molar-refractivity contribution is 5.79. The monoisotopic (exact) mass is 253 g/mol. The van der Waals surface area contributed by atoms with Crippen LogP contribution in [0.1, 0.15) is 0 Å². The molecule has 98 valence electrons. The molecule has 0 bridgehead atoms. The summed E-state index contributed by atoms with van der Waals surface area (Å²) >= 11 is 0. The molecule has 0 aromatic carbocycles. The van der Waals surface area contributed by atoms with Crippen molar-refractivity contribution in [2.45, 2.75) is 6.04 Å². The van der Waals surface area contributed by atoms with Crippen LogP contribution in [0.2, 0.25) is 0 Å². The number of aryl methyl sites for hydroxylation is 1. The van der Waals surface area contributed by atoms with E-state index in [2.05, 4.69) is 4.98 Å². The molecule has 2 heterocycles. The van der Waals surface area contributed by atoms with Crippen LogP contribution in [0, 0.1) is 0 Å². The van der Waals surface area contributed by atoms with Crippen LogP contribution in [0.15, 0.2) is 17.2 Å². The molecule has 0 spiro atoms. The van der Waals surface area contributed by atoms with Gasteiger partial charge < -0.3 is 18.9 Å². The second kappa shape index (κ2) is 5.18. The Kier molecular flexibility index (Phi) is 3.61. The van der Waals surface area contributed by atoms with Gasteiger partial charge in [0.15, 0.2) is 11.9 Å². The molecule has 1 unspecified atom stereocenters. The lowest BCUT2D eigenvalue weighted by molar-refractivity contribution is -0.144. The minimum atomic E-state index is -0.619. The number of esters is 1. The summed E-state index contributed by atoms with van der Waals surface area (Å²) in [7, 11) is 2.95. The quantitative estimate of drug-likeness (QED) is 0.640. The average Bonchev–Trinajstić information content (AvgIpc) is 2.41. The summed E-state index contributed by atoms with van der Waals surface area (Å²) in [6.45, 7) is 1.09. The van der Waals surface area contributed by atoms with Crippen molar-refractivity contribution in [3.05, 3.63) is 22.7 Å². The number of hydrogen-bond acceptors (Lipinski definition) is 6. The zero-order valence-electron chi connectivity index (χ0n) is 10.3. The van der Waals surface area contributed by atoms with Gasteiger partial charge in [0, 0.05) is 26.0 Å². The number of aromatic nitrogens is 2. The summed E-state index contributed by atoms with van der Waals surface area (Å²) in [5.74, 6) is -0.180. The SMILES string of the molecule is COC(=O)C1COCCN1c1nccn(C)c1=O. The van der Waals surface area contributed by atoms with Crippen molar-refractivity contribution in [3.63, 3.8) is 0 Å². The first kappa shape index (κ1) is 12.6. The normalized spacial score (nSPS) is 19.7. The molecule has 2 rings (SSSR count). The number of carbonyl (C=O) groups is 1. The van der Waals surface area contributed by atoms with E-state index in [0.29, 0.717) is 13.2 Å². The number of hydrogen-bond donors (Lipinski definition) is 0. The molecule has 1 fully saturated rings. The third-order valence-electron chi connectivity index (χ3n) is 2.87. The number of ether oxygens (including phenoxy) is 2. The highest BCUT2D eigenvalue weighted by Crippen LogP contribution is 2.14. The Morgan fingerprint density at radius 2 is 2.39 bits per heavy atom. The summed E-state index contributed by atoms with van der Waals surface area (Å²) in [6.07, 6.45) is 3.10. The largest absolute Gasteiger partial charge is 0.467 e. The standard InChI is InChI=1S/C11H15N3O4/c1-13-4-3-12-9(10(13)15)14-5-6-18-7-8(14)11(16)17-2/h3-4,8H,5-7H2,1-2H3. The molecule has 0 amide bonds. The summed E-state index contributed by atoms with van der Waals surface area (Å²) in [6, 6.07) is -0.619. The number of nitrogens with zero attached hydrogens (tertiary/aromatic N) is 3. The van der Waals surface area contributed by atoms with Crippen molar-refractivity contribution in [3.8, 4) is 0 Å². The Hall–Kier alpha value is -1.89. The van der Waals surface area contributed by atoms with Gasteiger partial charge in [0.25, 0.3) is 5.56 Å². The molecular weight excluding hydrogens is 238 g/mol. The van der Waals surface area contributed by atoms with Crippen molar-refractivity contribution < 1.29 is 14.3 Å². The number of rotatable bonds is 2. The third-order valence-corrected chi connectivity index (χ3v) is 2.87. The molecule has 1 saturated heterocycles. The first-order valence-electron chi connectivity index (χ1n) is 5.59. The lowest BCUT2D eigenvalue weighted by Gasteiger charge is -2.33. The summed E-state index contributed by atoms with van der Waals surface area (Å²) in [5, 5.41) is 0. The molecule has 0 radical (unpaired) electrons. The van der Waals surface area contributed by atoms with Gasteiger partial charge in [-0.2, -0.15) is 0 Å². The first-order valence-corrected chi connectivity index (χ1v) is 5.59. The zero-order chi connectivity index (χ0) is 13.1. The van der Waals surface area contributed by atoms with Crippen molar-refractivity contribution in [2.24, 2.45) is 7.05 Å². The second-order valence-electron chi connectivity index (χ2n) is 3.97. The molecular formula is C11H15N3O4. The fraction of sp³-hybridized carbons (Fsp3) is 0.545. The Bertz CT molecular complexity index is 499. The number of methoxy groups -OCH3 is 1. The van der Waals surface area contributed by atoms with E-state index in [1.807, 2.05) is 0 Å². The Morgan fingerprint density at radius 1 is 1.61 bits per heavy atom. The molecule has 18 heavy (non-hydrogen) atoms. The van der Waals surface area contributed by atoms with E-state index < -0.39 is 12.0 Å². The van der Waals surface area contributed by atoms with Gasteiger partial charge in [0.05, 0.1) is 20.3 Å². The second-order valence-corrected chi connectivity index (χ2v) is 3.97. The van der Waals surface area contributed by atoms with Crippen LogP contribution in [-0.2, 0) is 21.3 Å². The molecule has 1 aliphatic rings. The average molecular weight is 253 g/mol. The van der Waals surface area contributed by atoms with E-state index in [0.717, 1.165) is 0 Å². The van der Waals surface area contributed by atoms with Gasteiger partial charge in [0.2, 0.25) is 0 Å². The van der Waals surface area contributed by atoms with Crippen LogP contribution in [0.25, 0.3) is 0 Å². The number of anilines is 1. The first-order chi connectivity index (χ1) is 8.65. The minimum Gasteiger partial charge on any atom is -0.467 e. The summed E-state index contributed by atoms with van der Waals surface area (Å²) < 4.78 is 11.4. The molecule has 1 aliphatic heterocycles. The summed E-state index contributed by atoms with van der Waals surface area (Å²) in [5.41, 5.74) is -0.242. The Morgan fingerprint density at radius 3 is 3.11 bits per heavy atom. The molecule has 7 nitrogen and oxygen atoms in total. The van der Waals surface area contributed by atoms with Crippen molar-refractivity contribution in [2.75, 3.05) is 31.8 Å². The molecule has 0 saturated carbocycles. The molecule has 0 aliphatic carbocycles. The van der Waals surface area contributed by atoms with E-state index in [1.54, 1.807) is 18.1 Å². The van der Waals surface area contributed by atoms with Crippen molar-refractivity contribution in [1.82, 2.24) is 9.55 Å². The smallest absolute Gasteiger partial charge is 0.330 e. The van der Waals surface area contributed by atoms with Gasteiger partial charge in [-0.25, -0.2) is 9.78 Å². The van der Waals surface area contributed by atoms with Gasteiger partial charge in [-0.3, -0.25) is 4.79 Å². The maximum atomic E-state index is 12.0. The molecule has 1 aromatic heterocycles. The van der Waals surface area contributed by atoms with E-state index in [4.69, 9.17) is 9.47 Å². The van der Waals surface area contributed by atoms with E-state index >= 15 is 0 Å². The Balaban J connectivity index is 2.37. The molecule has 1 atom stereocenters. The lowest BCUT2D eigenvalue weighted by atomic mass is 10.2. The van der Waals surface area contributed by atoms with Gasteiger partial charge in [-0.1, -0.05) is 0 Å². The van der Waals surface area contributed by atoms with Crippen LogP contribution in [-0.4, -0.2) is 48.4 Å². The van der Waals surface area contributed by atoms with Crippen LogP contribution in [0.3, 0.4) is 0 Å². The minimum absolute atomic E-state index is 0.201. The van der Waals surface area contributed by atoms with Crippen LogP contribution in [0.4, 0.5) is 5.82 Å². The van der Waals surface area contributed by atoms with Gasteiger partial charge in [-0.05, 0) is 0 Å². The number of morpholine rings is 1. The third kappa shape index (κ3) is 2.21. The highest BCUT2D eigenvalue weighted by atomic mass is 16.5. The van der Waals surface area contributed by atoms with Gasteiger partial charge >= 0.3 is 5.97 Å². The molecule has 0 N–H and O–H groups in total. The zero-order valence-corrected chi connectivity index (χ0v) is 10.3. The van der Waals surface area contributed by atoms with Crippen molar-refractivity contribution in [1.29, 1.82) is 0 Å². The number of carbonyl (C=O) groups excluding carboxylic acids is 1. The topological polar surface area (TPSA) is 73.7 Å². The highest BCUT2D eigenvalue weighted by Gasteiger charge is 2.32. The lowest BCUT2D eigenvalue weighted by Crippen LogP contribution is -2.52. The molecule has 7 heteroatoms. The van der Waals surface area contributed by atoms with E-state index in [1.165, 1.54) is 17.9 Å². The Labute approximate surface area is 104 Å². The van der Waals surface area contributed by atoms with Gasteiger partial charge in [-0.15, -0.1) is 0 Å². The molecule has 1 aromatic rings. The van der Waals surface area contributed by atoms with E-state index in [9.17, 15) is 9.59 Å². The predicted octanol–water partition coefficient (Wildman–Crippen LogP) is -0.842. The van der Waals surface area contributed by atoms with Gasteiger partial charge in [0.1, 0.15) is 0 Å². The van der Waals surface area contributed by atoms with E-state index in [-0.39, 0.29) is 18.0 Å². The van der Waals surface area contributed by atoms with Crippen LogP contribution < -0.4 is 10.5 Å². The maximum Gasteiger partial charge on any atom is 0.330 e. The van der Waals surface area contributed by atoms with Crippen molar-refractivity contribution >= 4 is 11.8 Å². The predicted molar refractivity (Wildman–Crippen MR) is 63.4 cm³/mol. The maximum absolute atomic E-state index is 12.0. The van der Waals surface area contributed by atoms with Crippen LogP contribution >= 0.6 is 0 Å². The van der Waals surface area contributed by atoms with Crippen LogP contribution in [0.5, 0.6) is 0 Å². The summed E-state index contributed by atoms with van der Waals surface area (Å²) in [4.78, 5) is 29.4.